The lowest BCUT2D eigenvalue weighted by Gasteiger charge is -2.56. The van der Waals surface area contributed by atoms with Crippen LogP contribution in [0.1, 0.15) is 37.5 Å². The molecule has 20 heavy (non-hydrogen) atoms. The van der Waals surface area contributed by atoms with Gasteiger partial charge in [0.05, 0.1) is 25.0 Å². The second kappa shape index (κ2) is 5.51. The molecule has 1 saturated heterocycles. The highest BCUT2D eigenvalue weighted by Gasteiger charge is 2.55. The number of nitrogens with zero attached hydrogens (tertiary/aromatic N) is 1. The molecular formula is C16H25NO3. The van der Waals surface area contributed by atoms with Gasteiger partial charge in [-0.25, -0.2) is 0 Å². The summed E-state index contributed by atoms with van der Waals surface area (Å²) in [6, 6.07) is 2.02. The van der Waals surface area contributed by atoms with Crippen molar-refractivity contribution < 1.29 is 14.3 Å². The summed E-state index contributed by atoms with van der Waals surface area (Å²) in [7, 11) is 0. The standard InChI is InChI=1S/C16H25NO3/c1-3-19-15-10-14(18)16(15)5-7-17(8-6-16)11-13-12(2)4-9-20-13/h4,9,14-15,18H,3,5-8,10-11H2,1-2H3. The van der Waals surface area contributed by atoms with Crippen molar-refractivity contribution in [1.82, 2.24) is 4.90 Å². The van der Waals surface area contributed by atoms with E-state index in [1.165, 1.54) is 5.56 Å². The summed E-state index contributed by atoms with van der Waals surface area (Å²) in [6.07, 6.45) is 4.71. The third kappa shape index (κ3) is 2.30. The van der Waals surface area contributed by atoms with Gasteiger partial charge in [0.1, 0.15) is 5.76 Å². The van der Waals surface area contributed by atoms with E-state index in [4.69, 9.17) is 9.15 Å². The molecule has 2 aliphatic rings. The van der Waals surface area contributed by atoms with Gasteiger partial charge in [0.2, 0.25) is 0 Å². The molecule has 0 bridgehead atoms. The third-order valence-electron chi connectivity index (χ3n) is 5.23. The predicted octanol–water partition coefficient (Wildman–Crippen LogP) is 2.34. The van der Waals surface area contributed by atoms with Crippen LogP contribution < -0.4 is 0 Å². The zero-order chi connectivity index (χ0) is 14.2. The van der Waals surface area contributed by atoms with Crippen LogP contribution in [0.15, 0.2) is 16.7 Å². The molecule has 1 saturated carbocycles. The highest BCUT2D eigenvalue weighted by Crippen LogP contribution is 2.51. The topological polar surface area (TPSA) is 45.8 Å². The molecule has 2 heterocycles. The summed E-state index contributed by atoms with van der Waals surface area (Å²) in [6.45, 7) is 7.78. The summed E-state index contributed by atoms with van der Waals surface area (Å²) >= 11 is 0. The maximum absolute atomic E-state index is 10.2. The number of hydrogen-bond acceptors (Lipinski definition) is 4. The Balaban J connectivity index is 1.58. The van der Waals surface area contributed by atoms with Gasteiger partial charge in [0.25, 0.3) is 0 Å². The summed E-state index contributed by atoms with van der Waals surface area (Å²) in [5, 5.41) is 10.2. The van der Waals surface area contributed by atoms with Gasteiger partial charge in [-0.1, -0.05) is 0 Å². The molecule has 0 radical (unpaired) electrons. The van der Waals surface area contributed by atoms with Crippen molar-refractivity contribution in [3.05, 3.63) is 23.7 Å². The lowest BCUT2D eigenvalue weighted by molar-refractivity contribution is -0.210. The molecule has 112 valence electrons. The fraction of sp³-hybridized carbons (Fsp3) is 0.750. The lowest BCUT2D eigenvalue weighted by Crippen LogP contribution is -2.62. The molecular weight excluding hydrogens is 254 g/mol. The van der Waals surface area contributed by atoms with E-state index < -0.39 is 0 Å². The van der Waals surface area contributed by atoms with Crippen LogP contribution in [0.5, 0.6) is 0 Å². The largest absolute Gasteiger partial charge is 0.468 e. The SMILES string of the molecule is CCOC1CC(O)C12CCN(Cc1occc1C)CC2. The van der Waals surface area contributed by atoms with E-state index in [1.807, 2.05) is 13.0 Å². The van der Waals surface area contributed by atoms with Gasteiger partial charge >= 0.3 is 0 Å². The zero-order valence-electron chi connectivity index (χ0n) is 12.5. The number of hydrogen-bond donors (Lipinski definition) is 1. The first-order chi connectivity index (χ1) is 9.65. The van der Waals surface area contributed by atoms with Crippen LogP contribution in [0.3, 0.4) is 0 Å². The minimum absolute atomic E-state index is 0.0186. The number of ether oxygens (including phenoxy) is 1. The average molecular weight is 279 g/mol. The minimum Gasteiger partial charge on any atom is -0.468 e. The molecule has 1 aliphatic carbocycles. The monoisotopic (exact) mass is 279 g/mol. The molecule has 2 unspecified atom stereocenters. The van der Waals surface area contributed by atoms with Gasteiger partial charge in [0.15, 0.2) is 0 Å². The van der Waals surface area contributed by atoms with Gasteiger partial charge < -0.3 is 14.3 Å². The van der Waals surface area contributed by atoms with Crippen molar-refractivity contribution in [1.29, 1.82) is 0 Å². The van der Waals surface area contributed by atoms with Crippen molar-refractivity contribution >= 4 is 0 Å². The van der Waals surface area contributed by atoms with Crippen molar-refractivity contribution in [2.45, 2.75) is 51.9 Å². The van der Waals surface area contributed by atoms with E-state index >= 15 is 0 Å². The molecule has 1 N–H and O–H groups in total. The first-order valence-electron chi connectivity index (χ1n) is 7.70. The average Bonchev–Trinajstić information content (AvgIpc) is 2.85. The van der Waals surface area contributed by atoms with Gasteiger partial charge in [-0.05, 0) is 51.4 Å². The van der Waals surface area contributed by atoms with Crippen LogP contribution >= 0.6 is 0 Å². The van der Waals surface area contributed by atoms with E-state index in [2.05, 4.69) is 11.8 Å². The van der Waals surface area contributed by atoms with Crippen LogP contribution in [0.25, 0.3) is 0 Å². The number of aryl methyl sites for hydroxylation is 1. The van der Waals surface area contributed by atoms with Crippen LogP contribution in [0, 0.1) is 12.3 Å². The Labute approximate surface area is 120 Å². The first kappa shape index (κ1) is 14.1. The fourth-order valence-electron chi connectivity index (χ4n) is 3.71. The van der Waals surface area contributed by atoms with Gasteiger partial charge in [-0.15, -0.1) is 0 Å². The van der Waals surface area contributed by atoms with Crippen LogP contribution in [0.4, 0.5) is 0 Å². The normalized spacial score (nSPS) is 29.6. The number of piperidine rings is 1. The van der Waals surface area contributed by atoms with Crippen LogP contribution in [-0.2, 0) is 11.3 Å². The summed E-state index contributed by atoms with van der Waals surface area (Å²) in [4.78, 5) is 2.42. The summed E-state index contributed by atoms with van der Waals surface area (Å²) in [5.41, 5.74) is 1.24. The van der Waals surface area contributed by atoms with E-state index in [9.17, 15) is 5.11 Å². The molecule has 1 aliphatic heterocycles. The quantitative estimate of drug-likeness (QED) is 0.919. The van der Waals surface area contributed by atoms with Crippen molar-refractivity contribution in [3.63, 3.8) is 0 Å². The maximum atomic E-state index is 10.2. The molecule has 1 aromatic rings. The second-order valence-electron chi connectivity index (χ2n) is 6.23. The number of furan rings is 1. The van der Waals surface area contributed by atoms with Crippen LogP contribution in [0.2, 0.25) is 0 Å². The smallest absolute Gasteiger partial charge is 0.120 e. The van der Waals surface area contributed by atoms with E-state index in [1.54, 1.807) is 6.26 Å². The van der Waals surface area contributed by atoms with Gasteiger partial charge in [-0.3, -0.25) is 4.90 Å². The molecule has 2 atom stereocenters. The van der Waals surface area contributed by atoms with Gasteiger partial charge in [-0.2, -0.15) is 0 Å². The summed E-state index contributed by atoms with van der Waals surface area (Å²) < 4.78 is 11.3. The predicted molar refractivity (Wildman–Crippen MR) is 76.4 cm³/mol. The Kier molecular flexibility index (Phi) is 3.89. The van der Waals surface area contributed by atoms with Crippen molar-refractivity contribution in [3.8, 4) is 0 Å². The fourth-order valence-corrected chi connectivity index (χ4v) is 3.71. The van der Waals surface area contributed by atoms with E-state index in [0.717, 1.165) is 51.3 Å². The third-order valence-corrected chi connectivity index (χ3v) is 5.23. The Hall–Kier alpha value is -0.840. The molecule has 1 spiro atoms. The number of likely N-dealkylation sites (tertiary alicyclic amines) is 1. The summed E-state index contributed by atoms with van der Waals surface area (Å²) in [5.74, 6) is 1.07. The molecule has 2 fully saturated rings. The second-order valence-corrected chi connectivity index (χ2v) is 6.23. The zero-order valence-corrected chi connectivity index (χ0v) is 12.5. The maximum Gasteiger partial charge on any atom is 0.120 e. The molecule has 0 aromatic carbocycles. The minimum atomic E-state index is -0.174. The van der Waals surface area contributed by atoms with E-state index in [0.29, 0.717) is 0 Å². The first-order valence-corrected chi connectivity index (χ1v) is 7.70. The molecule has 4 nitrogen and oxygen atoms in total. The number of aliphatic hydroxyl groups excluding tert-OH is 1. The van der Waals surface area contributed by atoms with E-state index in [-0.39, 0.29) is 17.6 Å². The van der Waals surface area contributed by atoms with Crippen molar-refractivity contribution in [2.24, 2.45) is 5.41 Å². The Morgan fingerprint density at radius 3 is 2.75 bits per heavy atom. The van der Waals surface area contributed by atoms with Crippen molar-refractivity contribution in [2.75, 3.05) is 19.7 Å². The molecule has 1 aromatic heterocycles. The molecule has 4 heteroatoms. The van der Waals surface area contributed by atoms with Crippen LogP contribution in [-0.4, -0.2) is 41.9 Å². The Morgan fingerprint density at radius 1 is 1.45 bits per heavy atom. The van der Waals surface area contributed by atoms with Gasteiger partial charge in [0, 0.05) is 18.4 Å². The molecule has 0 amide bonds. The highest BCUT2D eigenvalue weighted by molar-refractivity contribution is 5.15. The molecule has 3 rings (SSSR count). The Morgan fingerprint density at radius 2 is 2.20 bits per heavy atom. The number of rotatable bonds is 4. The Bertz CT molecular complexity index is 446. The highest BCUT2D eigenvalue weighted by atomic mass is 16.5. The number of aliphatic hydroxyl groups is 1. The lowest BCUT2D eigenvalue weighted by atomic mass is 9.58.